The van der Waals surface area contributed by atoms with Gasteiger partial charge in [0.25, 0.3) is 0 Å². The minimum atomic E-state index is 0.886. The largest absolute Gasteiger partial charge is 0.455 e. The SMILES string of the molecule is c1ccc(-c2cccc(N(c3ccc(-c4cccc(-c5oc6ccccc6c5-c5ccccc5)c4)cc3)c3ccc4ccccc4c3)c2)cc1. The van der Waals surface area contributed by atoms with Gasteiger partial charge in [-0.2, -0.15) is 0 Å². The summed E-state index contributed by atoms with van der Waals surface area (Å²) < 4.78 is 6.54. The van der Waals surface area contributed by atoms with Gasteiger partial charge in [0.05, 0.1) is 0 Å². The fourth-order valence-corrected chi connectivity index (χ4v) is 7.00. The quantitative estimate of drug-likeness (QED) is 0.173. The number of hydrogen-bond acceptors (Lipinski definition) is 2. The lowest BCUT2D eigenvalue weighted by atomic mass is 9.96. The highest BCUT2D eigenvalue weighted by Gasteiger charge is 2.19. The van der Waals surface area contributed by atoms with Crippen molar-refractivity contribution in [3.63, 3.8) is 0 Å². The summed E-state index contributed by atoms with van der Waals surface area (Å²) in [5, 5.41) is 3.56. The van der Waals surface area contributed by atoms with Crippen molar-refractivity contribution >= 4 is 38.8 Å². The van der Waals surface area contributed by atoms with Crippen LogP contribution in [0, 0.1) is 0 Å². The van der Waals surface area contributed by atoms with Crippen LogP contribution in [-0.4, -0.2) is 0 Å². The minimum Gasteiger partial charge on any atom is -0.455 e. The molecule has 0 amide bonds. The summed E-state index contributed by atoms with van der Waals surface area (Å²) in [4.78, 5) is 2.35. The maximum absolute atomic E-state index is 6.54. The third-order valence-corrected chi connectivity index (χ3v) is 9.44. The number of anilines is 3. The van der Waals surface area contributed by atoms with E-state index in [-0.39, 0.29) is 0 Å². The molecule has 0 aliphatic rings. The van der Waals surface area contributed by atoms with Crippen molar-refractivity contribution < 1.29 is 4.42 Å². The van der Waals surface area contributed by atoms with Gasteiger partial charge in [-0.15, -0.1) is 0 Å². The molecule has 9 aromatic rings. The first kappa shape index (κ1) is 29.5. The Hall–Kier alpha value is -6.64. The molecule has 2 nitrogen and oxygen atoms in total. The molecule has 2 heteroatoms. The molecule has 8 aromatic carbocycles. The first-order valence-corrected chi connectivity index (χ1v) is 17.0. The van der Waals surface area contributed by atoms with Crippen LogP contribution < -0.4 is 4.90 Å². The molecule has 0 atom stereocenters. The molecule has 0 saturated heterocycles. The van der Waals surface area contributed by atoms with Crippen molar-refractivity contribution in [2.24, 2.45) is 0 Å². The van der Waals surface area contributed by atoms with E-state index < -0.39 is 0 Å². The molecular formula is C48H33NO. The van der Waals surface area contributed by atoms with Gasteiger partial charge in [-0.1, -0.05) is 152 Å². The van der Waals surface area contributed by atoms with E-state index in [0.717, 1.165) is 61.6 Å². The molecule has 0 aliphatic carbocycles. The number of para-hydroxylation sites is 1. The monoisotopic (exact) mass is 639 g/mol. The van der Waals surface area contributed by atoms with Crippen molar-refractivity contribution in [1.29, 1.82) is 0 Å². The highest BCUT2D eigenvalue weighted by Crippen LogP contribution is 2.42. The van der Waals surface area contributed by atoms with E-state index in [0.29, 0.717) is 0 Å². The molecule has 0 N–H and O–H groups in total. The van der Waals surface area contributed by atoms with Gasteiger partial charge >= 0.3 is 0 Å². The van der Waals surface area contributed by atoms with E-state index in [1.54, 1.807) is 0 Å². The second-order valence-corrected chi connectivity index (χ2v) is 12.6. The molecule has 0 bridgehead atoms. The highest BCUT2D eigenvalue weighted by atomic mass is 16.3. The molecule has 0 aliphatic heterocycles. The predicted octanol–water partition coefficient (Wildman–Crippen LogP) is 13.7. The van der Waals surface area contributed by atoms with Crippen molar-refractivity contribution in [2.45, 2.75) is 0 Å². The van der Waals surface area contributed by atoms with E-state index in [2.05, 4.69) is 193 Å². The van der Waals surface area contributed by atoms with Crippen molar-refractivity contribution in [2.75, 3.05) is 4.90 Å². The zero-order valence-corrected chi connectivity index (χ0v) is 27.4. The number of fused-ring (bicyclic) bond motifs is 2. The van der Waals surface area contributed by atoms with Crippen LogP contribution in [0.5, 0.6) is 0 Å². The number of rotatable bonds is 7. The molecule has 236 valence electrons. The van der Waals surface area contributed by atoms with Gasteiger partial charge in [0.1, 0.15) is 11.3 Å². The van der Waals surface area contributed by atoms with Gasteiger partial charge in [-0.05, 0) is 87.1 Å². The van der Waals surface area contributed by atoms with Gasteiger partial charge in [-0.25, -0.2) is 0 Å². The van der Waals surface area contributed by atoms with Crippen LogP contribution in [0.3, 0.4) is 0 Å². The first-order valence-electron chi connectivity index (χ1n) is 17.0. The predicted molar refractivity (Wildman–Crippen MR) is 210 cm³/mol. The third-order valence-electron chi connectivity index (χ3n) is 9.44. The van der Waals surface area contributed by atoms with Crippen LogP contribution in [-0.2, 0) is 0 Å². The van der Waals surface area contributed by atoms with E-state index in [1.165, 1.54) is 21.9 Å². The molecule has 1 heterocycles. The van der Waals surface area contributed by atoms with Gasteiger partial charge in [0, 0.05) is 33.6 Å². The van der Waals surface area contributed by atoms with Crippen LogP contribution in [0.15, 0.2) is 205 Å². The van der Waals surface area contributed by atoms with Crippen LogP contribution in [0.25, 0.3) is 66.4 Å². The Morgan fingerprint density at radius 2 is 0.880 bits per heavy atom. The van der Waals surface area contributed by atoms with Gasteiger partial charge in [0.2, 0.25) is 0 Å². The summed E-state index contributed by atoms with van der Waals surface area (Å²) >= 11 is 0. The van der Waals surface area contributed by atoms with E-state index in [4.69, 9.17) is 4.42 Å². The number of nitrogens with zero attached hydrogens (tertiary/aromatic N) is 1. The fourth-order valence-electron chi connectivity index (χ4n) is 7.00. The van der Waals surface area contributed by atoms with Crippen LogP contribution >= 0.6 is 0 Å². The third kappa shape index (κ3) is 5.53. The van der Waals surface area contributed by atoms with Gasteiger partial charge in [0.15, 0.2) is 0 Å². The van der Waals surface area contributed by atoms with Crippen LogP contribution in [0.1, 0.15) is 0 Å². The van der Waals surface area contributed by atoms with Crippen molar-refractivity contribution in [1.82, 2.24) is 0 Å². The number of benzene rings is 8. The normalized spacial score (nSPS) is 11.2. The molecule has 50 heavy (non-hydrogen) atoms. The average molecular weight is 640 g/mol. The smallest absolute Gasteiger partial charge is 0.143 e. The molecule has 9 rings (SSSR count). The summed E-state index contributed by atoms with van der Waals surface area (Å²) in [6, 6.07) is 71.0. The van der Waals surface area contributed by atoms with Crippen LogP contribution in [0.2, 0.25) is 0 Å². The molecule has 0 unspecified atom stereocenters. The lowest BCUT2D eigenvalue weighted by Gasteiger charge is -2.26. The highest BCUT2D eigenvalue weighted by molar-refractivity contribution is 6.02. The molecule has 0 fully saturated rings. The topological polar surface area (TPSA) is 16.4 Å². The summed E-state index contributed by atoms with van der Waals surface area (Å²) in [6.07, 6.45) is 0. The minimum absolute atomic E-state index is 0.886. The lowest BCUT2D eigenvalue weighted by molar-refractivity contribution is 0.632. The first-order chi connectivity index (χ1) is 24.8. The van der Waals surface area contributed by atoms with Crippen molar-refractivity contribution in [3.05, 3.63) is 200 Å². The molecule has 1 aromatic heterocycles. The second-order valence-electron chi connectivity index (χ2n) is 12.6. The zero-order chi connectivity index (χ0) is 33.3. The Bertz CT molecular complexity index is 2580. The molecule has 0 radical (unpaired) electrons. The Morgan fingerprint density at radius 1 is 0.320 bits per heavy atom. The average Bonchev–Trinajstić information content (AvgIpc) is 3.59. The van der Waals surface area contributed by atoms with Gasteiger partial charge in [-0.3, -0.25) is 0 Å². The Balaban J connectivity index is 1.12. The van der Waals surface area contributed by atoms with Crippen molar-refractivity contribution in [3.8, 4) is 44.7 Å². The number of hydrogen-bond donors (Lipinski definition) is 0. The maximum atomic E-state index is 6.54. The van der Waals surface area contributed by atoms with E-state index >= 15 is 0 Å². The van der Waals surface area contributed by atoms with Crippen LogP contribution in [0.4, 0.5) is 17.1 Å². The number of furan rings is 1. The van der Waals surface area contributed by atoms with E-state index in [9.17, 15) is 0 Å². The standard InChI is InChI=1S/C48H33NO/c1-3-13-34(14-4-1)40-20-12-22-43(32-40)49(44-30-27-35-15-7-8-18-39(35)33-44)42-28-25-36(26-29-42)38-19-11-21-41(31-38)48-47(37-16-5-2-6-17-37)45-23-9-10-24-46(45)50-48/h1-33H. The van der Waals surface area contributed by atoms with E-state index in [1.807, 2.05) is 12.1 Å². The van der Waals surface area contributed by atoms with Gasteiger partial charge < -0.3 is 9.32 Å². The molecular weight excluding hydrogens is 607 g/mol. The summed E-state index contributed by atoms with van der Waals surface area (Å²) in [5.41, 5.74) is 12.2. The second kappa shape index (κ2) is 12.8. The Kier molecular flexibility index (Phi) is 7.53. The maximum Gasteiger partial charge on any atom is 0.143 e. The lowest BCUT2D eigenvalue weighted by Crippen LogP contribution is -2.10. The Morgan fingerprint density at radius 3 is 1.68 bits per heavy atom. The summed E-state index contributed by atoms with van der Waals surface area (Å²) in [7, 11) is 0. The fraction of sp³-hybridized carbons (Fsp3) is 0. The Labute approximate surface area is 292 Å². The molecule has 0 spiro atoms. The summed E-state index contributed by atoms with van der Waals surface area (Å²) in [5.74, 6) is 0.886. The zero-order valence-electron chi connectivity index (χ0n) is 27.4. The summed E-state index contributed by atoms with van der Waals surface area (Å²) in [6.45, 7) is 0. The molecule has 0 saturated carbocycles.